The van der Waals surface area contributed by atoms with Gasteiger partial charge in [0, 0.05) is 22.3 Å². The number of rotatable bonds is 8. The number of carbonyl (C=O) groups is 1. The molecule has 0 saturated carbocycles. The Balaban J connectivity index is 1.61. The predicted molar refractivity (Wildman–Crippen MR) is 118 cm³/mol. The van der Waals surface area contributed by atoms with Crippen LogP contribution in [0.2, 0.25) is 5.02 Å². The minimum atomic E-state index is -0.0728. The van der Waals surface area contributed by atoms with Crippen molar-refractivity contribution in [2.75, 3.05) is 11.6 Å². The Morgan fingerprint density at radius 2 is 1.68 bits per heavy atom. The highest BCUT2D eigenvalue weighted by atomic mass is 35.5. The number of ketones is 1. The van der Waals surface area contributed by atoms with Gasteiger partial charge in [-0.25, -0.2) is 0 Å². The van der Waals surface area contributed by atoms with E-state index in [1.54, 1.807) is 30.3 Å². The van der Waals surface area contributed by atoms with Gasteiger partial charge in [-0.2, -0.15) is 0 Å². The van der Waals surface area contributed by atoms with E-state index in [9.17, 15) is 4.79 Å². The van der Waals surface area contributed by atoms with Gasteiger partial charge in [0.15, 0.2) is 5.78 Å². The van der Waals surface area contributed by atoms with Gasteiger partial charge in [-0.3, -0.25) is 4.79 Å². The molecule has 142 valence electrons. The number of thioether (sulfide) groups is 1. The van der Waals surface area contributed by atoms with Crippen LogP contribution in [0.5, 0.6) is 5.75 Å². The van der Waals surface area contributed by atoms with Gasteiger partial charge in [0.05, 0.1) is 5.03 Å². The zero-order chi connectivity index (χ0) is 19.8. The maximum atomic E-state index is 12.4. The summed E-state index contributed by atoms with van der Waals surface area (Å²) < 4.78 is 5.80. The lowest BCUT2D eigenvalue weighted by molar-refractivity contribution is 0.104. The second kappa shape index (κ2) is 10.0. The van der Waals surface area contributed by atoms with Gasteiger partial charge in [0.25, 0.3) is 0 Å². The summed E-state index contributed by atoms with van der Waals surface area (Å²) in [6, 6.07) is 24.6. The SMILES string of the molecule is CS/C(=C\C(=O)c1ccc(Cl)cc1)Nc1ccc(OCc2ccccc2)cc1. The van der Waals surface area contributed by atoms with Crippen LogP contribution in [0.25, 0.3) is 0 Å². The molecule has 0 saturated heterocycles. The van der Waals surface area contributed by atoms with Gasteiger partial charge in [-0.1, -0.05) is 41.9 Å². The maximum absolute atomic E-state index is 12.4. The van der Waals surface area contributed by atoms with E-state index in [-0.39, 0.29) is 5.78 Å². The molecule has 0 unspecified atom stereocenters. The van der Waals surface area contributed by atoms with E-state index in [0.717, 1.165) is 22.0 Å². The fourth-order valence-electron chi connectivity index (χ4n) is 2.48. The number of carbonyl (C=O) groups excluding carboxylic acids is 1. The summed E-state index contributed by atoms with van der Waals surface area (Å²) in [6.07, 6.45) is 3.51. The van der Waals surface area contributed by atoms with E-state index in [1.807, 2.05) is 60.9 Å². The van der Waals surface area contributed by atoms with Crippen LogP contribution in [0, 0.1) is 0 Å². The Kier molecular flexibility index (Phi) is 7.18. The number of benzene rings is 3. The summed E-state index contributed by atoms with van der Waals surface area (Å²) in [5, 5.41) is 4.63. The van der Waals surface area contributed by atoms with Crippen LogP contribution in [-0.2, 0) is 6.61 Å². The molecule has 0 aliphatic heterocycles. The Labute approximate surface area is 174 Å². The standard InChI is InChI=1S/C23H20ClNO2S/c1-28-23(15-22(26)18-7-9-19(24)10-8-18)25-20-11-13-21(14-12-20)27-16-17-5-3-2-4-6-17/h2-15,25H,16H2,1H3/b23-15-. The molecule has 0 aliphatic carbocycles. The van der Waals surface area contributed by atoms with Crippen LogP contribution in [0.15, 0.2) is 90.0 Å². The molecule has 3 aromatic rings. The normalized spacial score (nSPS) is 11.1. The summed E-state index contributed by atoms with van der Waals surface area (Å²) in [5.41, 5.74) is 2.61. The minimum absolute atomic E-state index is 0.0728. The molecule has 0 amide bonds. The number of anilines is 1. The average Bonchev–Trinajstić information content (AvgIpc) is 2.74. The maximum Gasteiger partial charge on any atom is 0.188 e. The molecule has 0 bridgehead atoms. The summed E-state index contributed by atoms with van der Waals surface area (Å²) in [4.78, 5) is 12.4. The molecule has 1 N–H and O–H groups in total. The molecule has 0 heterocycles. The van der Waals surface area contributed by atoms with Gasteiger partial charge in [-0.15, -0.1) is 11.8 Å². The van der Waals surface area contributed by atoms with E-state index >= 15 is 0 Å². The molecule has 28 heavy (non-hydrogen) atoms. The third kappa shape index (κ3) is 5.91. The number of hydrogen-bond acceptors (Lipinski definition) is 4. The number of nitrogens with one attached hydrogen (secondary N) is 1. The lowest BCUT2D eigenvalue weighted by Gasteiger charge is -2.10. The molecule has 0 fully saturated rings. The summed E-state index contributed by atoms with van der Waals surface area (Å²) in [7, 11) is 0. The number of hydrogen-bond donors (Lipinski definition) is 1. The highest BCUT2D eigenvalue weighted by Crippen LogP contribution is 2.22. The van der Waals surface area contributed by atoms with Crippen LogP contribution in [-0.4, -0.2) is 12.0 Å². The van der Waals surface area contributed by atoms with Gasteiger partial charge in [0.2, 0.25) is 0 Å². The van der Waals surface area contributed by atoms with E-state index < -0.39 is 0 Å². The zero-order valence-corrected chi connectivity index (χ0v) is 17.0. The molecule has 0 spiro atoms. The molecular formula is C23H20ClNO2S. The van der Waals surface area contributed by atoms with Crippen LogP contribution >= 0.6 is 23.4 Å². The topological polar surface area (TPSA) is 38.3 Å². The van der Waals surface area contributed by atoms with Crippen molar-refractivity contribution < 1.29 is 9.53 Å². The fraction of sp³-hybridized carbons (Fsp3) is 0.0870. The molecule has 5 heteroatoms. The van der Waals surface area contributed by atoms with E-state index in [0.29, 0.717) is 17.2 Å². The predicted octanol–water partition coefficient (Wildman–Crippen LogP) is 6.42. The van der Waals surface area contributed by atoms with Crippen molar-refractivity contribution in [1.82, 2.24) is 0 Å². The Morgan fingerprint density at radius 3 is 2.32 bits per heavy atom. The number of allylic oxidation sites excluding steroid dienone is 1. The quantitative estimate of drug-likeness (QED) is 0.344. The first-order valence-electron chi connectivity index (χ1n) is 8.73. The molecule has 3 aromatic carbocycles. The fourth-order valence-corrected chi connectivity index (χ4v) is 3.05. The second-order valence-electron chi connectivity index (χ2n) is 6.01. The van der Waals surface area contributed by atoms with Crippen molar-refractivity contribution >= 4 is 34.8 Å². The summed E-state index contributed by atoms with van der Waals surface area (Å²) >= 11 is 7.35. The van der Waals surface area contributed by atoms with Gasteiger partial charge in [0.1, 0.15) is 12.4 Å². The molecular weight excluding hydrogens is 390 g/mol. The van der Waals surface area contributed by atoms with Crippen molar-refractivity contribution in [3.05, 3.63) is 106 Å². The average molecular weight is 410 g/mol. The third-order valence-corrected chi connectivity index (χ3v) is 4.89. The van der Waals surface area contributed by atoms with Gasteiger partial charge < -0.3 is 10.1 Å². The summed E-state index contributed by atoms with van der Waals surface area (Å²) in [6.45, 7) is 0.527. The Morgan fingerprint density at radius 1 is 1.00 bits per heavy atom. The van der Waals surface area contributed by atoms with Crippen molar-refractivity contribution in [3.63, 3.8) is 0 Å². The lowest BCUT2D eigenvalue weighted by atomic mass is 10.1. The van der Waals surface area contributed by atoms with Crippen LogP contribution in [0.4, 0.5) is 5.69 Å². The highest BCUT2D eigenvalue weighted by molar-refractivity contribution is 8.02. The molecule has 3 rings (SSSR count). The zero-order valence-electron chi connectivity index (χ0n) is 15.4. The van der Waals surface area contributed by atoms with Crippen molar-refractivity contribution in [2.24, 2.45) is 0 Å². The Bertz CT molecular complexity index is 939. The third-order valence-electron chi connectivity index (χ3n) is 3.98. The monoisotopic (exact) mass is 409 g/mol. The molecule has 0 aromatic heterocycles. The smallest absolute Gasteiger partial charge is 0.188 e. The van der Waals surface area contributed by atoms with Crippen LogP contribution in [0.1, 0.15) is 15.9 Å². The summed E-state index contributed by atoms with van der Waals surface area (Å²) in [5.74, 6) is 0.720. The number of halogens is 1. The van der Waals surface area contributed by atoms with Crippen molar-refractivity contribution in [2.45, 2.75) is 6.61 Å². The van der Waals surface area contributed by atoms with Crippen LogP contribution in [0.3, 0.4) is 0 Å². The number of ether oxygens (including phenoxy) is 1. The largest absolute Gasteiger partial charge is 0.489 e. The first kappa shape index (κ1) is 20.1. The Hall–Kier alpha value is -2.69. The molecule has 0 radical (unpaired) electrons. The minimum Gasteiger partial charge on any atom is -0.489 e. The van der Waals surface area contributed by atoms with E-state index in [4.69, 9.17) is 16.3 Å². The van der Waals surface area contributed by atoms with Crippen molar-refractivity contribution in [1.29, 1.82) is 0 Å². The molecule has 3 nitrogen and oxygen atoms in total. The van der Waals surface area contributed by atoms with Gasteiger partial charge in [-0.05, 0) is 60.4 Å². The highest BCUT2D eigenvalue weighted by Gasteiger charge is 2.06. The first-order valence-corrected chi connectivity index (χ1v) is 10.3. The second-order valence-corrected chi connectivity index (χ2v) is 7.29. The molecule has 0 atom stereocenters. The molecule has 0 aliphatic rings. The van der Waals surface area contributed by atoms with Gasteiger partial charge >= 0.3 is 0 Å². The van der Waals surface area contributed by atoms with Crippen molar-refractivity contribution in [3.8, 4) is 5.75 Å². The lowest BCUT2D eigenvalue weighted by Crippen LogP contribution is -2.01. The van der Waals surface area contributed by atoms with E-state index in [2.05, 4.69) is 5.32 Å². The van der Waals surface area contributed by atoms with Crippen LogP contribution < -0.4 is 10.1 Å². The van der Waals surface area contributed by atoms with E-state index in [1.165, 1.54) is 11.8 Å². The first-order chi connectivity index (χ1) is 13.6.